The molecule has 1 aromatic heterocycles. The lowest BCUT2D eigenvalue weighted by molar-refractivity contribution is 0.101. The van der Waals surface area contributed by atoms with Crippen molar-refractivity contribution in [3.05, 3.63) is 57.6 Å². The molecule has 3 rings (SSSR count). The molecular weight excluding hydrogens is 357 g/mol. The van der Waals surface area contributed by atoms with Gasteiger partial charge in [0.2, 0.25) is 0 Å². The quantitative estimate of drug-likeness (QED) is 0.640. The molecule has 0 radical (unpaired) electrons. The van der Waals surface area contributed by atoms with Crippen LogP contribution in [0.25, 0.3) is 0 Å². The summed E-state index contributed by atoms with van der Waals surface area (Å²) in [6.07, 6.45) is -1.70. The molecule has 25 heavy (non-hydrogen) atoms. The maximum Gasteiger partial charge on any atom is 0.281 e. The van der Waals surface area contributed by atoms with E-state index in [1.807, 2.05) is 0 Å². The monoisotopic (exact) mass is 368 g/mol. The van der Waals surface area contributed by atoms with Crippen LogP contribution in [-0.2, 0) is 0 Å². The molecule has 2 heterocycles. The van der Waals surface area contributed by atoms with Gasteiger partial charge in [-0.1, -0.05) is 11.6 Å². The summed E-state index contributed by atoms with van der Waals surface area (Å²) in [5.74, 6) is -1.41. The average molecular weight is 369 g/mol. The fraction of sp³-hybridized carbons (Fsp3) is 0.188. The first-order valence-corrected chi connectivity index (χ1v) is 7.58. The second kappa shape index (κ2) is 6.36. The van der Waals surface area contributed by atoms with Crippen molar-refractivity contribution in [1.82, 2.24) is 10.3 Å². The zero-order valence-electron chi connectivity index (χ0n) is 12.9. The largest absolute Gasteiger partial charge is 0.399 e. The molecule has 0 saturated heterocycles. The number of aliphatic imine (C=N–C) groups is 1. The minimum absolute atomic E-state index is 0.0115. The van der Waals surface area contributed by atoms with E-state index in [9.17, 15) is 18.0 Å². The number of halogens is 4. The topological polar surface area (TPSA) is 80.4 Å². The Balaban J connectivity index is 1.95. The molecule has 1 aliphatic rings. The van der Waals surface area contributed by atoms with Gasteiger partial charge in [-0.2, -0.15) is 4.99 Å². The van der Waals surface area contributed by atoms with Crippen molar-refractivity contribution in [3.8, 4) is 0 Å². The number of alkyl halides is 2. The van der Waals surface area contributed by atoms with Crippen LogP contribution in [0.5, 0.6) is 0 Å². The first-order chi connectivity index (χ1) is 11.8. The average Bonchev–Trinajstić information content (AvgIpc) is 2.84. The van der Waals surface area contributed by atoms with E-state index < -0.39 is 29.8 Å². The van der Waals surface area contributed by atoms with Gasteiger partial charge >= 0.3 is 0 Å². The van der Waals surface area contributed by atoms with Gasteiger partial charge in [-0.3, -0.25) is 4.79 Å². The van der Waals surface area contributed by atoms with Crippen LogP contribution in [0.2, 0.25) is 5.15 Å². The Kier molecular flexibility index (Phi) is 4.38. The van der Waals surface area contributed by atoms with Crippen LogP contribution < -0.4 is 11.1 Å². The van der Waals surface area contributed by atoms with E-state index in [0.717, 1.165) is 6.07 Å². The first-order valence-electron chi connectivity index (χ1n) is 7.20. The van der Waals surface area contributed by atoms with Gasteiger partial charge in [0, 0.05) is 23.0 Å². The molecule has 1 amide bonds. The number of benzene rings is 1. The number of fused-ring (bicyclic) bond motifs is 1. The molecule has 1 aromatic carbocycles. The number of nitrogen functional groups attached to an aromatic ring is 1. The Bertz CT molecular complexity index is 901. The van der Waals surface area contributed by atoms with E-state index in [4.69, 9.17) is 17.3 Å². The molecule has 2 aromatic rings. The third-order valence-electron chi connectivity index (χ3n) is 3.78. The summed E-state index contributed by atoms with van der Waals surface area (Å²) in [6, 6.07) is 2.83. The third-order valence-corrected chi connectivity index (χ3v) is 3.98. The van der Waals surface area contributed by atoms with Gasteiger partial charge in [0.1, 0.15) is 16.8 Å². The Morgan fingerprint density at radius 3 is 2.56 bits per heavy atom. The highest BCUT2D eigenvalue weighted by atomic mass is 35.5. The van der Waals surface area contributed by atoms with Crippen molar-refractivity contribution in [1.29, 1.82) is 0 Å². The van der Waals surface area contributed by atoms with Crippen LogP contribution in [0, 0.1) is 5.82 Å². The number of nitrogens with two attached hydrogens (primary N) is 1. The highest BCUT2D eigenvalue weighted by Gasteiger charge is 2.27. The summed E-state index contributed by atoms with van der Waals surface area (Å²) < 4.78 is 40.2. The lowest BCUT2D eigenvalue weighted by Crippen LogP contribution is -2.27. The van der Waals surface area contributed by atoms with Crippen LogP contribution in [0.3, 0.4) is 0 Å². The molecule has 5 nitrogen and oxygen atoms in total. The summed E-state index contributed by atoms with van der Waals surface area (Å²) in [5, 5.41) is 3.00. The molecule has 0 aliphatic carbocycles. The minimum Gasteiger partial charge on any atom is -0.399 e. The van der Waals surface area contributed by atoms with Crippen LogP contribution in [0.4, 0.5) is 18.9 Å². The van der Waals surface area contributed by atoms with Crippen molar-refractivity contribution in [3.63, 3.8) is 0 Å². The van der Waals surface area contributed by atoms with Crippen LogP contribution in [-0.4, -0.2) is 16.7 Å². The zero-order chi connectivity index (χ0) is 18.3. The molecule has 0 fully saturated rings. The van der Waals surface area contributed by atoms with Crippen LogP contribution in [0.15, 0.2) is 29.4 Å². The van der Waals surface area contributed by atoms with Gasteiger partial charge in [0.15, 0.2) is 0 Å². The Morgan fingerprint density at radius 2 is 1.88 bits per heavy atom. The lowest BCUT2D eigenvalue weighted by Gasteiger charge is -2.18. The maximum atomic E-state index is 14.4. The Morgan fingerprint density at radius 1 is 1.20 bits per heavy atom. The fourth-order valence-corrected chi connectivity index (χ4v) is 2.74. The van der Waals surface area contributed by atoms with E-state index in [1.54, 1.807) is 6.92 Å². The number of rotatable bonds is 3. The molecule has 1 unspecified atom stereocenters. The molecule has 130 valence electrons. The number of nitrogens with one attached hydrogen (secondary N) is 1. The van der Waals surface area contributed by atoms with Crippen molar-refractivity contribution in [2.45, 2.75) is 19.4 Å². The number of nitrogens with zero attached hydrogens (tertiary/aromatic N) is 2. The lowest BCUT2D eigenvalue weighted by atomic mass is 10.0. The van der Waals surface area contributed by atoms with Crippen LogP contribution >= 0.6 is 11.6 Å². The van der Waals surface area contributed by atoms with Gasteiger partial charge in [0.25, 0.3) is 12.3 Å². The van der Waals surface area contributed by atoms with E-state index in [1.165, 1.54) is 18.3 Å². The van der Waals surface area contributed by atoms with Gasteiger partial charge < -0.3 is 11.1 Å². The number of amidine groups is 1. The van der Waals surface area contributed by atoms with Crippen molar-refractivity contribution >= 4 is 29.0 Å². The summed E-state index contributed by atoms with van der Waals surface area (Å²) in [6.45, 7) is 1.54. The number of pyridine rings is 1. The highest BCUT2D eigenvalue weighted by molar-refractivity contribution is 6.30. The number of hydrogen-bond acceptors (Lipinski definition) is 4. The number of aromatic nitrogens is 1. The van der Waals surface area contributed by atoms with E-state index >= 15 is 0 Å². The number of carbonyl (C=O) groups is 1. The standard InChI is InChI=1S/C16H12ClF3N4O/c1-6(8-2-7(21)3-10(13(8)18)14(19)20)23-15-9-4-12(17)22-5-11(9)16(25)24-15/h2-6,14H,21H2,1H3,(H,23,24,25). The number of hydrogen-bond donors (Lipinski definition) is 2. The molecule has 0 bridgehead atoms. The molecule has 1 aliphatic heterocycles. The SMILES string of the molecule is CC(NC1=NC(=O)c2cnc(Cl)cc21)c1cc(N)cc(C(F)F)c1F. The molecular formula is C16H12ClF3N4O. The van der Waals surface area contributed by atoms with E-state index in [0.29, 0.717) is 5.56 Å². The van der Waals surface area contributed by atoms with Crippen molar-refractivity contribution in [2.75, 3.05) is 5.73 Å². The summed E-state index contributed by atoms with van der Waals surface area (Å²) in [7, 11) is 0. The zero-order valence-corrected chi connectivity index (χ0v) is 13.6. The first kappa shape index (κ1) is 17.2. The smallest absolute Gasteiger partial charge is 0.281 e. The molecule has 0 saturated carbocycles. The summed E-state index contributed by atoms with van der Waals surface area (Å²) in [4.78, 5) is 19.5. The second-order valence-corrected chi connectivity index (χ2v) is 5.89. The normalized spacial score (nSPS) is 14.5. The molecule has 9 heteroatoms. The minimum atomic E-state index is -2.99. The number of carbonyl (C=O) groups excluding carboxylic acids is 1. The van der Waals surface area contributed by atoms with Crippen molar-refractivity contribution < 1.29 is 18.0 Å². The van der Waals surface area contributed by atoms with Crippen molar-refractivity contribution in [2.24, 2.45) is 4.99 Å². The third kappa shape index (κ3) is 3.17. The van der Waals surface area contributed by atoms with Gasteiger partial charge in [0.05, 0.1) is 17.2 Å². The van der Waals surface area contributed by atoms with Crippen LogP contribution in [0.1, 0.15) is 46.4 Å². The summed E-state index contributed by atoms with van der Waals surface area (Å²) >= 11 is 5.83. The van der Waals surface area contributed by atoms with Gasteiger partial charge in [-0.05, 0) is 25.1 Å². The maximum absolute atomic E-state index is 14.4. The van der Waals surface area contributed by atoms with E-state index in [-0.39, 0.29) is 27.8 Å². The molecule has 0 spiro atoms. The van der Waals surface area contributed by atoms with E-state index in [2.05, 4.69) is 15.3 Å². The number of anilines is 1. The van der Waals surface area contributed by atoms with Gasteiger partial charge in [-0.15, -0.1) is 0 Å². The van der Waals surface area contributed by atoms with Gasteiger partial charge in [-0.25, -0.2) is 18.2 Å². The highest BCUT2D eigenvalue weighted by Crippen LogP contribution is 2.30. The summed E-state index contributed by atoms with van der Waals surface area (Å²) in [5.41, 5.74) is 5.43. The Hall–Kier alpha value is -2.61. The second-order valence-electron chi connectivity index (χ2n) is 5.50. The predicted molar refractivity (Wildman–Crippen MR) is 87.4 cm³/mol. The predicted octanol–water partition coefficient (Wildman–Crippen LogP) is 3.65. The number of amides is 1. The Labute approximate surface area is 145 Å². The molecule has 1 atom stereocenters. The fourth-order valence-electron chi connectivity index (χ4n) is 2.58. The molecule has 3 N–H and O–H groups in total.